The Morgan fingerprint density at radius 3 is 1.31 bits per heavy atom. The molecule has 45 heavy (non-hydrogen) atoms. The van der Waals surface area contributed by atoms with Crippen LogP contribution in [0.4, 0.5) is 0 Å². The molecule has 0 aliphatic carbocycles. The summed E-state index contributed by atoms with van der Waals surface area (Å²) in [5, 5.41) is 9.09. The molecule has 0 aromatic carbocycles. The summed E-state index contributed by atoms with van der Waals surface area (Å²) < 4.78 is 15.9. The van der Waals surface area contributed by atoms with Gasteiger partial charge in [0.25, 0.3) is 0 Å². The first-order chi connectivity index (χ1) is 21.6. The number of hydrogen-bond acceptors (Lipinski definition) is 10. The van der Waals surface area contributed by atoms with E-state index >= 15 is 0 Å². The molecule has 0 rings (SSSR count). The van der Waals surface area contributed by atoms with Gasteiger partial charge >= 0.3 is 25.7 Å². The first-order valence-corrected chi connectivity index (χ1v) is 19.5. The van der Waals surface area contributed by atoms with Crippen molar-refractivity contribution in [3.05, 3.63) is 0 Å². The Bertz CT molecular complexity index is 728. The van der Waals surface area contributed by atoms with Crippen LogP contribution in [0.5, 0.6) is 0 Å². The van der Waals surface area contributed by atoms with Crippen molar-refractivity contribution in [3.63, 3.8) is 0 Å². The lowest BCUT2D eigenvalue weighted by atomic mass is 10.1. The second kappa shape index (κ2) is 30.2. The molecule has 0 bridgehead atoms. The van der Waals surface area contributed by atoms with Crippen molar-refractivity contribution in [2.45, 2.75) is 180 Å². The lowest BCUT2D eigenvalue weighted by molar-refractivity contribution is -0.164. The molecule has 2 atom stereocenters. The van der Waals surface area contributed by atoms with E-state index < -0.39 is 50.8 Å². The van der Waals surface area contributed by atoms with E-state index in [0.717, 1.165) is 38.5 Å². The van der Waals surface area contributed by atoms with Gasteiger partial charge in [-0.25, -0.2) is 0 Å². The maximum atomic E-state index is 12.5. The van der Waals surface area contributed by atoms with Crippen molar-refractivity contribution in [2.24, 2.45) is 0 Å². The zero-order chi connectivity index (χ0) is 33.6. The van der Waals surface area contributed by atoms with Crippen LogP contribution in [0, 0.1) is 0 Å². The van der Waals surface area contributed by atoms with Crippen molar-refractivity contribution in [1.82, 2.24) is 0 Å². The van der Waals surface area contributed by atoms with E-state index in [2.05, 4.69) is 13.8 Å². The Morgan fingerprint density at radius 1 is 0.556 bits per heavy atom. The molecule has 1 unspecified atom stereocenters. The molecule has 0 aromatic rings. The van der Waals surface area contributed by atoms with Gasteiger partial charge < -0.3 is 19.3 Å². The zero-order valence-corrected chi connectivity index (χ0v) is 29.3. The molecular formula is C34H66O10P+. The van der Waals surface area contributed by atoms with Crippen LogP contribution in [0.25, 0.3) is 0 Å². The largest absolute Gasteiger partial charge is 0.462 e. The van der Waals surface area contributed by atoms with E-state index in [9.17, 15) is 29.1 Å². The summed E-state index contributed by atoms with van der Waals surface area (Å²) in [5.41, 5.74) is 0. The van der Waals surface area contributed by atoms with Gasteiger partial charge in [0.05, 0.1) is 6.61 Å². The zero-order valence-electron chi connectivity index (χ0n) is 28.4. The minimum absolute atomic E-state index is 0.163. The summed E-state index contributed by atoms with van der Waals surface area (Å²) in [5.74, 6) is -4.18. The molecule has 0 saturated carbocycles. The topological polar surface area (TPSA) is 160 Å². The lowest BCUT2D eigenvalue weighted by Crippen LogP contribution is -2.36. The molecule has 0 aliphatic heterocycles. The SMILES string of the molecule is CCCCCCCCCCCCCC(=O)OC[C@H](COC(C(=O)CO)[P+](O)(O)O)OC(=O)CCCCCCCCCCCCC. The number of ketones is 1. The third-order valence-electron chi connectivity index (χ3n) is 7.88. The molecule has 0 aromatic heterocycles. The van der Waals surface area contributed by atoms with Gasteiger partial charge in [-0.05, 0) is 12.8 Å². The highest BCUT2D eigenvalue weighted by Crippen LogP contribution is 2.51. The van der Waals surface area contributed by atoms with Crippen molar-refractivity contribution in [1.29, 1.82) is 0 Å². The third kappa shape index (κ3) is 27.6. The van der Waals surface area contributed by atoms with Gasteiger partial charge in [0.2, 0.25) is 5.78 Å². The average Bonchev–Trinajstić information content (AvgIpc) is 3.00. The number of Topliss-reactive ketones (excluding diaryl/α,β-unsaturated/α-hetero) is 1. The van der Waals surface area contributed by atoms with E-state index in [1.165, 1.54) is 89.9 Å². The van der Waals surface area contributed by atoms with Gasteiger partial charge in [0.1, 0.15) is 13.2 Å². The summed E-state index contributed by atoms with van der Waals surface area (Å²) in [4.78, 5) is 65.4. The van der Waals surface area contributed by atoms with Gasteiger partial charge in [-0.15, -0.1) is 0 Å². The van der Waals surface area contributed by atoms with Crippen molar-refractivity contribution in [2.75, 3.05) is 19.8 Å². The third-order valence-corrected chi connectivity index (χ3v) is 8.95. The summed E-state index contributed by atoms with van der Waals surface area (Å²) in [6.45, 7) is 2.48. The quantitative estimate of drug-likeness (QED) is 0.0314. The molecule has 0 saturated heterocycles. The van der Waals surface area contributed by atoms with Gasteiger partial charge in [0, 0.05) is 12.8 Å². The standard InChI is InChI=1S/C34H66O10P/c1-3-5-7-9-11-13-15-17-19-21-23-25-32(37)42-28-30(29-43-34(31(36)27-35)45(39,40)41)44-33(38)26-24-22-20-18-16-14-12-10-8-6-4-2/h30,34-35,39-41H,3-29H2,1-2H3/q+1/t30-,34?/m1/s1. The van der Waals surface area contributed by atoms with Crippen LogP contribution in [-0.2, 0) is 28.6 Å². The Labute approximate surface area is 273 Å². The number of carbonyl (C=O) groups is 3. The van der Waals surface area contributed by atoms with Crippen molar-refractivity contribution < 1.29 is 48.4 Å². The van der Waals surface area contributed by atoms with Crippen LogP contribution in [-0.4, -0.2) is 69.3 Å². The molecule has 266 valence electrons. The fourth-order valence-corrected chi connectivity index (χ4v) is 5.90. The van der Waals surface area contributed by atoms with Crippen LogP contribution in [0.2, 0.25) is 0 Å². The number of rotatable bonds is 33. The molecule has 0 fully saturated rings. The van der Waals surface area contributed by atoms with Crippen LogP contribution in [0.3, 0.4) is 0 Å². The van der Waals surface area contributed by atoms with Gasteiger partial charge in [0.15, 0.2) is 6.10 Å². The normalized spacial score (nSPS) is 13.0. The number of aliphatic hydroxyl groups excluding tert-OH is 1. The van der Waals surface area contributed by atoms with Crippen molar-refractivity contribution in [3.8, 4) is 0 Å². The number of ether oxygens (including phenoxy) is 3. The monoisotopic (exact) mass is 665 g/mol. The lowest BCUT2D eigenvalue weighted by Gasteiger charge is -2.21. The van der Waals surface area contributed by atoms with Crippen LogP contribution < -0.4 is 0 Å². The number of unbranched alkanes of at least 4 members (excludes halogenated alkanes) is 20. The molecule has 4 N–H and O–H groups in total. The molecular weight excluding hydrogens is 599 g/mol. The molecule has 10 nitrogen and oxygen atoms in total. The smallest absolute Gasteiger partial charge is 0.443 e. The number of hydrogen-bond donors (Lipinski definition) is 4. The van der Waals surface area contributed by atoms with E-state index in [4.69, 9.17) is 19.3 Å². The van der Waals surface area contributed by atoms with Gasteiger partial charge in [-0.1, -0.05) is 142 Å². The Hall–Kier alpha value is -1.16. The summed E-state index contributed by atoms with van der Waals surface area (Å²) in [7, 11) is -4.78. The highest BCUT2D eigenvalue weighted by atomic mass is 31.2. The first kappa shape index (κ1) is 43.8. The van der Waals surface area contributed by atoms with E-state index in [-0.39, 0.29) is 19.4 Å². The Morgan fingerprint density at radius 2 is 0.933 bits per heavy atom. The van der Waals surface area contributed by atoms with Gasteiger partial charge in [-0.2, -0.15) is 14.7 Å². The average molecular weight is 666 g/mol. The summed E-state index contributed by atoms with van der Waals surface area (Å²) in [6.07, 6.45) is 24.6. The second-order valence-electron chi connectivity index (χ2n) is 12.3. The predicted molar refractivity (Wildman–Crippen MR) is 178 cm³/mol. The first-order valence-electron chi connectivity index (χ1n) is 17.8. The predicted octanol–water partition coefficient (Wildman–Crippen LogP) is 7.49. The summed E-state index contributed by atoms with van der Waals surface area (Å²) >= 11 is 0. The Kier molecular flexibility index (Phi) is 29.4. The van der Waals surface area contributed by atoms with Crippen LogP contribution >= 0.6 is 7.94 Å². The Balaban J connectivity index is 4.48. The second-order valence-corrected chi connectivity index (χ2v) is 14.0. The van der Waals surface area contributed by atoms with Crippen LogP contribution in [0.15, 0.2) is 0 Å². The van der Waals surface area contributed by atoms with Crippen molar-refractivity contribution >= 4 is 25.7 Å². The van der Waals surface area contributed by atoms with E-state index in [1.54, 1.807) is 0 Å². The molecule has 0 radical (unpaired) electrons. The minimum Gasteiger partial charge on any atom is -0.462 e. The van der Waals surface area contributed by atoms with Crippen LogP contribution in [0.1, 0.15) is 168 Å². The number of esters is 2. The highest BCUT2D eigenvalue weighted by molar-refractivity contribution is 7.60. The van der Waals surface area contributed by atoms with Gasteiger partial charge in [-0.3, -0.25) is 14.4 Å². The molecule has 0 heterocycles. The minimum atomic E-state index is -4.78. The maximum Gasteiger partial charge on any atom is 0.443 e. The summed E-state index contributed by atoms with van der Waals surface area (Å²) in [6, 6.07) is 0. The molecule has 0 spiro atoms. The molecule has 0 aliphatic rings. The molecule has 0 amide bonds. The van der Waals surface area contributed by atoms with E-state index in [0.29, 0.717) is 12.8 Å². The highest BCUT2D eigenvalue weighted by Gasteiger charge is 2.49. The molecule has 11 heteroatoms. The number of carbonyl (C=O) groups excluding carboxylic acids is 3. The maximum absolute atomic E-state index is 12.5. The number of aliphatic hydroxyl groups is 1. The fourth-order valence-electron chi connectivity index (χ4n) is 5.15. The fraction of sp³-hybridized carbons (Fsp3) is 0.912. The van der Waals surface area contributed by atoms with E-state index in [1.807, 2.05) is 0 Å².